The standard InChI is InChI=1S/C17H15BrFNO2/c1-22-14-9-7-12(8-10-14)11-20-15(17(18,19)16(20)21)13-5-3-2-4-6-13/h2-10,15H,11H2,1H3/t15-,17-/m0/s1. The van der Waals surface area contributed by atoms with Crippen LogP contribution in [0.1, 0.15) is 17.2 Å². The first-order valence-corrected chi connectivity index (χ1v) is 7.70. The van der Waals surface area contributed by atoms with Gasteiger partial charge in [0, 0.05) is 6.54 Å². The maximum Gasteiger partial charge on any atom is 0.274 e. The Morgan fingerprint density at radius 3 is 2.41 bits per heavy atom. The minimum absolute atomic E-state index is 0.361. The highest BCUT2D eigenvalue weighted by Gasteiger charge is 2.60. The molecule has 1 saturated heterocycles. The van der Waals surface area contributed by atoms with Crippen LogP contribution in [0.15, 0.2) is 54.6 Å². The Morgan fingerprint density at radius 1 is 1.18 bits per heavy atom. The Bertz CT molecular complexity index is 673. The van der Waals surface area contributed by atoms with Gasteiger partial charge in [-0.15, -0.1) is 0 Å². The van der Waals surface area contributed by atoms with E-state index in [0.29, 0.717) is 6.54 Å². The second kappa shape index (κ2) is 5.72. The molecule has 0 saturated carbocycles. The molecule has 2 atom stereocenters. The average molecular weight is 364 g/mol. The summed E-state index contributed by atoms with van der Waals surface area (Å²) < 4.78 is 17.6. The molecule has 3 rings (SSSR count). The fourth-order valence-electron chi connectivity index (χ4n) is 2.67. The Kier molecular flexibility index (Phi) is 3.91. The minimum Gasteiger partial charge on any atom is -0.497 e. The summed E-state index contributed by atoms with van der Waals surface area (Å²) in [5.74, 6) is 0.204. The fourth-order valence-corrected chi connectivity index (χ4v) is 3.41. The van der Waals surface area contributed by atoms with Crippen LogP contribution in [-0.4, -0.2) is 22.5 Å². The number of carbonyl (C=O) groups excluding carboxylic acids is 1. The number of carbonyl (C=O) groups is 1. The molecule has 0 bridgehead atoms. The van der Waals surface area contributed by atoms with E-state index < -0.39 is 16.5 Å². The highest BCUT2D eigenvalue weighted by atomic mass is 79.9. The van der Waals surface area contributed by atoms with Gasteiger partial charge in [0.2, 0.25) is 0 Å². The summed E-state index contributed by atoms with van der Waals surface area (Å²) in [6.45, 7) is 0.361. The molecule has 2 aromatic rings. The van der Waals surface area contributed by atoms with Gasteiger partial charge in [-0.05, 0) is 39.2 Å². The largest absolute Gasteiger partial charge is 0.497 e. The molecule has 1 amide bonds. The number of nitrogens with zero attached hydrogens (tertiary/aromatic N) is 1. The van der Waals surface area contributed by atoms with Gasteiger partial charge in [0.1, 0.15) is 11.8 Å². The Morgan fingerprint density at radius 2 is 1.82 bits per heavy atom. The number of hydrogen-bond acceptors (Lipinski definition) is 2. The first kappa shape index (κ1) is 15.0. The zero-order valence-electron chi connectivity index (χ0n) is 12.0. The van der Waals surface area contributed by atoms with Crippen molar-refractivity contribution in [1.82, 2.24) is 4.90 Å². The number of hydrogen-bond donors (Lipinski definition) is 0. The molecule has 5 heteroatoms. The summed E-state index contributed by atoms with van der Waals surface area (Å²) in [6, 6.07) is 16.0. The summed E-state index contributed by atoms with van der Waals surface area (Å²) in [5, 5.41) is 0. The second-order valence-electron chi connectivity index (χ2n) is 5.22. The van der Waals surface area contributed by atoms with Gasteiger partial charge in [-0.1, -0.05) is 42.5 Å². The molecule has 1 fully saturated rings. The van der Waals surface area contributed by atoms with Crippen molar-refractivity contribution >= 4 is 21.8 Å². The zero-order chi connectivity index (χ0) is 15.7. The Balaban J connectivity index is 1.83. The number of methoxy groups -OCH3 is 1. The monoisotopic (exact) mass is 363 g/mol. The molecule has 22 heavy (non-hydrogen) atoms. The van der Waals surface area contributed by atoms with Crippen molar-refractivity contribution in [2.75, 3.05) is 7.11 Å². The number of ether oxygens (including phenoxy) is 1. The molecule has 0 aliphatic carbocycles. The van der Waals surface area contributed by atoms with E-state index in [9.17, 15) is 9.18 Å². The number of rotatable bonds is 4. The molecule has 0 aromatic heterocycles. The summed E-state index contributed by atoms with van der Waals surface area (Å²) in [5.41, 5.74) is 1.70. The molecule has 3 nitrogen and oxygen atoms in total. The molecule has 1 aliphatic rings. The predicted octanol–water partition coefficient (Wildman–Crippen LogP) is 3.84. The summed E-state index contributed by atoms with van der Waals surface area (Å²) in [4.78, 5) is 13.6. The molecule has 114 valence electrons. The first-order valence-electron chi connectivity index (χ1n) is 6.91. The fraction of sp³-hybridized carbons (Fsp3) is 0.235. The van der Waals surface area contributed by atoms with E-state index in [0.717, 1.165) is 16.9 Å². The third kappa shape index (κ3) is 2.50. The van der Waals surface area contributed by atoms with Gasteiger partial charge < -0.3 is 9.64 Å². The van der Waals surface area contributed by atoms with E-state index in [1.165, 1.54) is 4.90 Å². The maximum atomic E-state index is 14.5. The summed E-state index contributed by atoms with van der Waals surface area (Å²) >= 11 is 2.93. The van der Waals surface area contributed by atoms with Gasteiger partial charge in [-0.2, -0.15) is 0 Å². The van der Waals surface area contributed by atoms with Crippen LogP contribution in [0.2, 0.25) is 0 Å². The second-order valence-corrected chi connectivity index (χ2v) is 6.37. The lowest BCUT2D eigenvalue weighted by atomic mass is 9.91. The quantitative estimate of drug-likeness (QED) is 0.610. The summed E-state index contributed by atoms with van der Waals surface area (Å²) in [7, 11) is 1.60. The molecule has 1 aliphatic heterocycles. The molecular formula is C17H15BrFNO2. The van der Waals surface area contributed by atoms with Crippen molar-refractivity contribution in [1.29, 1.82) is 0 Å². The molecule has 0 radical (unpaired) electrons. The van der Waals surface area contributed by atoms with Gasteiger partial charge in [0.25, 0.3) is 10.5 Å². The highest BCUT2D eigenvalue weighted by Crippen LogP contribution is 2.50. The van der Waals surface area contributed by atoms with E-state index in [2.05, 4.69) is 15.9 Å². The van der Waals surface area contributed by atoms with Crippen molar-refractivity contribution in [3.05, 3.63) is 65.7 Å². The first-order chi connectivity index (χ1) is 10.5. The summed E-state index contributed by atoms with van der Waals surface area (Å²) in [6.07, 6.45) is 0. The number of halogens is 2. The van der Waals surface area contributed by atoms with E-state index in [4.69, 9.17) is 4.74 Å². The lowest BCUT2D eigenvalue weighted by Gasteiger charge is -2.48. The topological polar surface area (TPSA) is 29.5 Å². The molecule has 0 unspecified atom stereocenters. The number of likely N-dealkylation sites (tertiary alicyclic amines) is 1. The molecular weight excluding hydrogens is 349 g/mol. The smallest absolute Gasteiger partial charge is 0.274 e. The predicted molar refractivity (Wildman–Crippen MR) is 85.5 cm³/mol. The van der Waals surface area contributed by atoms with Gasteiger partial charge in [-0.3, -0.25) is 4.79 Å². The van der Waals surface area contributed by atoms with E-state index in [1.807, 2.05) is 54.6 Å². The highest BCUT2D eigenvalue weighted by molar-refractivity contribution is 9.10. The van der Waals surface area contributed by atoms with Gasteiger partial charge in [0.15, 0.2) is 0 Å². The molecule has 0 spiro atoms. The van der Waals surface area contributed by atoms with Gasteiger partial charge in [0.05, 0.1) is 7.11 Å². The third-order valence-corrected chi connectivity index (χ3v) is 4.60. The van der Waals surface area contributed by atoms with Crippen LogP contribution < -0.4 is 4.74 Å². The zero-order valence-corrected chi connectivity index (χ0v) is 13.6. The van der Waals surface area contributed by atoms with Gasteiger partial charge >= 0.3 is 0 Å². The van der Waals surface area contributed by atoms with Crippen molar-refractivity contribution in [2.24, 2.45) is 0 Å². The van der Waals surface area contributed by atoms with Crippen LogP contribution in [0.4, 0.5) is 4.39 Å². The van der Waals surface area contributed by atoms with Crippen LogP contribution in [-0.2, 0) is 11.3 Å². The van der Waals surface area contributed by atoms with Crippen molar-refractivity contribution in [3.63, 3.8) is 0 Å². The minimum atomic E-state index is -2.03. The number of amides is 1. The third-order valence-electron chi connectivity index (χ3n) is 3.83. The Labute approximate surface area is 136 Å². The molecule has 2 aromatic carbocycles. The van der Waals surface area contributed by atoms with Gasteiger partial charge in [-0.25, -0.2) is 4.39 Å². The normalized spacial score (nSPS) is 24.0. The lowest BCUT2D eigenvalue weighted by molar-refractivity contribution is -0.164. The lowest BCUT2D eigenvalue weighted by Crippen LogP contribution is -2.62. The average Bonchev–Trinajstić information content (AvgIpc) is 2.55. The van der Waals surface area contributed by atoms with Crippen molar-refractivity contribution in [2.45, 2.75) is 17.2 Å². The number of benzene rings is 2. The number of β-lactam (4-membered cyclic amide) rings is 1. The van der Waals surface area contributed by atoms with E-state index >= 15 is 0 Å². The van der Waals surface area contributed by atoms with Crippen LogP contribution in [0, 0.1) is 0 Å². The van der Waals surface area contributed by atoms with Crippen LogP contribution >= 0.6 is 15.9 Å². The maximum absolute atomic E-state index is 14.5. The van der Waals surface area contributed by atoms with Crippen molar-refractivity contribution < 1.29 is 13.9 Å². The number of alkyl halides is 2. The van der Waals surface area contributed by atoms with Crippen LogP contribution in [0.5, 0.6) is 5.75 Å². The van der Waals surface area contributed by atoms with Crippen LogP contribution in [0.3, 0.4) is 0 Å². The van der Waals surface area contributed by atoms with Crippen LogP contribution in [0.25, 0.3) is 0 Å². The SMILES string of the molecule is COc1ccc(CN2C(=O)[C@](F)(Br)[C@@H]2c2ccccc2)cc1. The van der Waals surface area contributed by atoms with Crippen molar-refractivity contribution in [3.8, 4) is 5.75 Å². The molecule has 1 heterocycles. The van der Waals surface area contributed by atoms with E-state index in [-0.39, 0.29) is 0 Å². The van der Waals surface area contributed by atoms with E-state index in [1.54, 1.807) is 7.11 Å². The molecule has 0 N–H and O–H groups in total. The Hall–Kier alpha value is -1.88.